The second-order valence-electron chi connectivity index (χ2n) is 3.15. The van der Waals surface area contributed by atoms with E-state index in [9.17, 15) is 4.79 Å². The predicted molar refractivity (Wildman–Crippen MR) is 61.7 cm³/mol. The van der Waals surface area contributed by atoms with E-state index in [-0.39, 0.29) is 5.78 Å². The Kier molecular flexibility index (Phi) is 2.84. The minimum Gasteiger partial charge on any atom is -0.288 e. The number of nitrogens with zero attached hydrogens (tertiary/aromatic N) is 1. The van der Waals surface area contributed by atoms with Gasteiger partial charge in [0, 0.05) is 18.0 Å². The topological polar surface area (TPSA) is 30.0 Å². The Labute approximate surface area is 96.5 Å². The molecule has 0 unspecified atom stereocenters. The molecule has 2 rings (SSSR count). The number of carbonyl (C=O) groups excluding carboxylic acids is 1. The van der Waals surface area contributed by atoms with Crippen LogP contribution in [0.3, 0.4) is 0 Å². The highest BCUT2D eigenvalue weighted by molar-refractivity contribution is 7.12. The van der Waals surface area contributed by atoms with Gasteiger partial charge in [0.05, 0.1) is 9.90 Å². The van der Waals surface area contributed by atoms with Crippen LogP contribution in [0.4, 0.5) is 0 Å². The zero-order valence-corrected chi connectivity index (χ0v) is 9.60. The Bertz CT molecular complexity index is 507. The average Bonchev–Trinajstić information content (AvgIpc) is 2.63. The van der Waals surface area contributed by atoms with Gasteiger partial charge in [-0.1, -0.05) is 11.6 Å². The van der Waals surface area contributed by atoms with Gasteiger partial charge in [0.1, 0.15) is 0 Å². The lowest BCUT2D eigenvalue weighted by Gasteiger charge is -1.99. The number of aryl methyl sites for hydroxylation is 1. The highest BCUT2D eigenvalue weighted by Gasteiger charge is 2.13. The van der Waals surface area contributed by atoms with Gasteiger partial charge >= 0.3 is 0 Å². The molecule has 0 spiro atoms. The number of thiophene rings is 1. The summed E-state index contributed by atoms with van der Waals surface area (Å²) in [6.07, 6.45) is 3.05. The summed E-state index contributed by atoms with van der Waals surface area (Å²) >= 11 is 7.22. The highest BCUT2D eigenvalue weighted by atomic mass is 35.5. The molecule has 0 N–H and O–H groups in total. The first-order chi connectivity index (χ1) is 7.18. The summed E-state index contributed by atoms with van der Waals surface area (Å²) in [5.41, 5.74) is 1.53. The molecular weight excluding hydrogens is 230 g/mol. The van der Waals surface area contributed by atoms with E-state index < -0.39 is 0 Å². The van der Waals surface area contributed by atoms with Crippen molar-refractivity contribution in [2.75, 3.05) is 0 Å². The molecule has 0 fully saturated rings. The Morgan fingerprint density at radius 3 is 2.87 bits per heavy atom. The minimum atomic E-state index is -0.0162. The van der Waals surface area contributed by atoms with Crippen LogP contribution in [0.25, 0.3) is 0 Å². The standard InChI is InChI=1S/C11H8ClNOS/c1-7-2-3-15-11(7)10(14)8-4-9(12)6-13-5-8/h2-6H,1H3. The second kappa shape index (κ2) is 4.13. The maximum Gasteiger partial charge on any atom is 0.204 e. The number of carbonyl (C=O) groups is 1. The molecule has 76 valence electrons. The van der Waals surface area contributed by atoms with Crippen LogP contribution in [0, 0.1) is 6.92 Å². The van der Waals surface area contributed by atoms with E-state index in [0.29, 0.717) is 10.6 Å². The lowest BCUT2D eigenvalue weighted by atomic mass is 10.1. The molecule has 0 aliphatic heterocycles. The third-order valence-electron chi connectivity index (χ3n) is 2.04. The Morgan fingerprint density at radius 2 is 2.27 bits per heavy atom. The Morgan fingerprint density at radius 1 is 1.47 bits per heavy atom. The SMILES string of the molecule is Cc1ccsc1C(=O)c1cncc(Cl)c1. The molecule has 2 nitrogen and oxygen atoms in total. The van der Waals surface area contributed by atoms with Gasteiger partial charge < -0.3 is 0 Å². The van der Waals surface area contributed by atoms with Crippen LogP contribution < -0.4 is 0 Å². The third-order valence-corrected chi connectivity index (χ3v) is 3.26. The maximum atomic E-state index is 12.0. The maximum absolute atomic E-state index is 12.0. The van der Waals surface area contributed by atoms with Crippen LogP contribution in [-0.4, -0.2) is 10.8 Å². The van der Waals surface area contributed by atoms with Crippen molar-refractivity contribution in [1.82, 2.24) is 4.98 Å². The molecule has 0 radical (unpaired) electrons. The van der Waals surface area contributed by atoms with E-state index in [4.69, 9.17) is 11.6 Å². The van der Waals surface area contributed by atoms with Gasteiger partial charge in [0.15, 0.2) is 0 Å². The normalized spacial score (nSPS) is 10.3. The van der Waals surface area contributed by atoms with E-state index in [0.717, 1.165) is 10.4 Å². The van der Waals surface area contributed by atoms with Crippen molar-refractivity contribution >= 4 is 28.7 Å². The van der Waals surface area contributed by atoms with E-state index in [1.165, 1.54) is 23.7 Å². The molecule has 2 aromatic heterocycles. The Balaban J connectivity index is 2.41. The molecular formula is C11H8ClNOS. The first kappa shape index (κ1) is 10.3. The quantitative estimate of drug-likeness (QED) is 0.750. The minimum absolute atomic E-state index is 0.0162. The van der Waals surface area contributed by atoms with Crippen molar-refractivity contribution in [3.8, 4) is 0 Å². The van der Waals surface area contributed by atoms with Gasteiger partial charge in [0.2, 0.25) is 5.78 Å². The van der Waals surface area contributed by atoms with Gasteiger partial charge in [0.25, 0.3) is 0 Å². The molecule has 2 aromatic rings. The smallest absolute Gasteiger partial charge is 0.204 e. The largest absolute Gasteiger partial charge is 0.288 e. The van der Waals surface area contributed by atoms with Crippen LogP contribution in [0.1, 0.15) is 20.8 Å². The molecule has 0 amide bonds. The number of rotatable bonds is 2. The Hall–Kier alpha value is -1.19. The van der Waals surface area contributed by atoms with Gasteiger partial charge in [-0.3, -0.25) is 9.78 Å². The molecule has 4 heteroatoms. The zero-order valence-electron chi connectivity index (χ0n) is 8.03. The van der Waals surface area contributed by atoms with Gasteiger partial charge in [-0.25, -0.2) is 0 Å². The van der Waals surface area contributed by atoms with Crippen molar-refractivity contribution in [3.63, 3.8) is 0 Å². The molecule has 0 bridgehead atoms. The van der Waals surface area contributed by atoms with E-state index >= 15 is 0 Å². The molecule has 0 aromatic carbocycles. The van der Waals surface area contributed by atoms with Gasteiger partial charge in [-0.05, 0) is 30.0 Å². The fraction of sp³-hybridized carbons (Fsp3) is 0.0909. The number of ketones is 1. The average molecular weight is 238 g/mol. The fourth-order valence-corrected chi connectivity index (χ4v) is 2.33. The molecule has 15 heavy (non-hydrogen) atoms. The van der Waals surface area contributed by atoms with Crippen molar-refractivity contribution in [2.24, 2.45) is 0 Å². The van der Waals surface area contributed by atoms with Crippen LogP contribution >= 0.6 is 22.9 Å². The predicted octanol–water partition coefficient (Wildman–Crippen LogP) is 3.34. The summed E-state index contributed by atoms with van der Waals surface area (Å²) in [7, 11) is 0. The van der Waals surface area contributed by atoms with E-state index in [2.05, 4.69) is 4.98 Å². The molecule has 2 heterocycles. The monoisotopic (exact) mass is 237 g/mol. The lowest BCUT2D eigenvalue weighted by molar-refractivity contribution is 0.104. The molecule has 0 aliphatic carbocycles. The molecule has 0 aliphatic rings. The number of halogens is 1. The number of aromatic nitrogens is 1. The summed E-state index contributed by atoms with van der Waals surface area (Å²) in [5.74, 6) is -0.0162. The molecule has 0 saturated heterocycles. The van der Waals surface area contributed by atoms with E-state index in [1.807, 2.05) is 18.4 Å². The highest BCUT2D eigenvalue weighted by Crippen LogP contribution is 2.20. The van der Waals surface area contributed by atoms with Crippen molar-refractivity contribution < 1.29 is 4.79 Å². The van der Waals surface area contributed by atoms with Gasteiger partial charge in [-0.2, -0.15) is 0 Å². The van der Waals surface area contributed by atoms with Crippen LogP contribution in [0.2, 0.25) is 5.02 Å². The molecule has 0 atom stereocenters. The summed E-state index contributed by atoms with van der Waals surface area (Å²) in [6.45, 7) is 1.92. The van der Waals surface area contributed by atoms with Crippen molar-refractivity contribution in [1.29, 1.82) is 0 Å². The van der Waals surface area contributed by atoms with Crippen molar-refractivity contribution in [3.05, 3.63) is 50.9 Å². The fourth-order valence-electron chi connectivity index (χ4n) is 1.27. The second-order valence-corrected chi connectivity index (χ2v) is 4.51. The van der Waals surface area contributed by atoms with Crippen molar-refractivity contribution in [2.45, 2.75) is 6.92 Å². The molecule has 0 saturated carbocycles. The first-order valence-corrected chi connectivity index (χ1v) is 5.63. The summed E-state index contributed by atoms with van der Waals surface area (Å²) in [6, 6.07) is 3.56. The van der Waals surface area contributed by atoms with Crippen LogP contribution in [0.5, 0.6) is 0 Å². The van der Waals surface area contributed by atoms with Crippen LogP contribution in [0.15, 0.2) is 29.9 Å². The number of hydrogen-bond acceptors (Lipinski definition) is 3. The summed E-state index contributed by atoms with van der Waals surface area (Å²) < 4.78 is 0. The zero-order chi connectivity index (χ0) is 10.8. The summed E-state index contributed by atoms with van der Waals surface area (Å²) in [4.78, 5) is 16.6. The summed E-state index contributed by atoms with van der Waals surface area (Å²) in [5, 5.41) is 2.38. The van der Waals surface area contributed by atoms with Crippen LogP contribution in [-0.2, 0) is 0 Å². The van der Waals surface area contributed by atoms with E-state index in [1.54, 1.807) is 6.07 Å². The first-order valence-electron chi connectivity index (χ1n) is 4.38. The van der Waals surface area contributed by atoms with Gasteiger partial charge in [-0.15, -0.1) is 11.3 Å². The number of pyridine rings is 1. The lowest BCUT2D eigenvalue weighted by Crippen LogP contribution is -2.00. The third kappa shape index (κ3) is 2.08. The number of hydrogen-bond donors (Lipinski definition) is 0.